The van der Waals surface area contributed by atoms with Gasteiger partial charge in [-0.2, -0.15) is 0 Å². The fourth-order valence-corrected chi connectivity index (χ4v) is 10.5. The zero-order valence-corrected chi connectivity index (χ0v) is 26.2. The molecule has 0 saturated carbocycles. The maximum atomic E-state index is 14.8. The smallest absolute Gasteiger partial charge is 0.310 e. The number of likely N-dealkylation sites (tertiary alicyclic amines) is 1. The number of nitrogens with zero attached hydrogens (tertiary/aromatic N) is 2. The number of carbonyl (C=O) groups is 3. The molecule has 42 heavy (non-hydrogen) atoms. The molecule has 0 radical (unpaired) electrons. The van der Waals surface area contributed by atoms with Gasteiger partial charge < -0.3 is 19.6 Å². The molecule has 2 aromatic carbocycles. The lowest BCUT2D eigenvalue weighted by Gasteiger charge is -2.38. The number of esters is 1. The molecule has 9 heteroatoms. The highest BCUT2D eigenvalue weighted by Gasteiger charge is 2.76. The Kier molecular flexibility index (Phi) is 9.80. The number of aliphatic hydroxyl groups is 1. The summed E-state index contributed by atoms with van der Waals surface area (Å²) in [6.45, 7) is 8.70. The monoisotopic (exact) mass is 654 g/mol. The average molecular weight is 656 g/mol. The standard InChI is InChI=1S/C33H39BrN2O5S/c1-3-5-11-19-41-32(40)26-27-30(38)36(17-9-6-10-18-37)29(33(27)21-25(34)28(26)42-33)31(39)35(16-4-2)24-15-14-22-12-7-8-13-23(22)20-24/h3-4,7-8,12-15,20,25-29,37H,1-2,5-6,9-11,16-19,21H2/t25?,26-,27-,28-,29?,33?/m0/s1. The van der Waals surface area contributed by atoms with Gasteiger partial charge in [-0.1, -0.05) is 58.4 Å². The fourth-order valence-electron chi connectivity index (χ4n) is 6.93. The van der Waals surface area contributed by atoms with E-state index in [2.05, 4.69) is 29.1 Å². The van der Waals surface area contributed by atoms with Gasteiger partial charge in [-0.25, -0.2) is 0 Å². The Bertz CT molecular complexity index is 1350. The number of hydrogen-bond donors (Lipinski definition) is 1. The molecule has 3 aliphatic rings. The van der Waals surface area contributed by atoms with E-state index in [1.807, 2.05) is 42.5 Å². The van der Waals surface area contributed by atoms with Gasteiger partial charge in [-0.05, 0) is 61.4 Å². The van der Waals surface area contributed by atoms with Gasteiger partial charge in [0.1, 0.15) is 6.04 Å². The van der Waals surface area contributed by atoms with Gasteiger partial charge in [-0.15, -0.1) is 24.9 Å². The summed E-state index contributed by atoms with van der Waals surface area (Å²) in [7, 11) is 0. The number of fused-ring (bicyclic) bond motifs is 2. The molecule has 6 atom stereocenters. The van der Waals surface area contributed by atoms with E-state index in [1.165, 1.54) is 0 Å². The number of rotatable bonds is 14. The highest BCUT2D eigenvalue weighted by Crippen LogP contribution is 2.68. The van der Waals surface area contributed by atoms with Gasteiger partial charge in [0.2, 0.25) is 5.91 Å². The van der Waals surface area contributed by atoms with E-state index in [0.29, 0.717) is 38.8 Å². The highest BCUT2D eigenvalue weighted by atomic mass is 79.9. The minimum Gasteiger partial charge on any atom is -0.465 e. The topological polar surface area (TPSA) is 87.1 Å². The minimum atomic E-state index is -0.745. The van der Waals surface area contributed by atoms with E-state index in [4.69, 9.17) is 4.74 Å². The second-order valence-corrected chi connectivity index (χ2v) is 14.1. The van der Waals surface area contributed by atoms with Crippen LogP contribution in [0.25, 0.3) is 10.8 Å². The van der Waals surface area contributed by atoms with E-state index >= 15 is 0 Å². The number of hydrogen-bond acceptors (Lipinski definition) is 6. The number of amides is 2. The van der Waals surface area contributed by atoms with E-state index in [9.17, 15) is 19.5 Å². The summed E-state index contributed by atoms with van der Waals surface area (Å²) in [4.78, 5) is 46.0. The Balaban J connectivity index is 1.51. The van der Waals surface area contributed by atoms with Crippen LogP contribution in [0.5, 0.6) is 0 Å². The lowest BCUT2D eigenvalue weighted by Crippen LogP contribution is -2.55. The Morgan fingerprint density at radius 1 is 1.12 bits per heavy atom. The number of alkyl halides is 1. The van der Waals surface area contributed by atoms with Crippen molar-refractivity contribution in [3.05, 3.63) is 67.8 Å². The average Bonchev–Trinajstić information content (AvgIpc) is 3.59. The molecule has 2 aromatic rings. The Labute approximate surface area is 260 Å². The van der Waals surface area contributed by atoms with Crippen molar-refractivity contribution >= 4 is 61.9 Å². The summed E-state index contributed by atoms with van der Waals surface area (Å²) in [5.74, 6) is -1.89. The summed E-state index contributed by atoms with van der Waals surface area (Å²) >= 11 is 5.44. The lowest BCUT2D eigenvalue weighted by molar-refractivity contribution is -0.154. The van der Waals surface area contributed by atoms with Crippen molar-refractivity contribution in [2.75, 3.05) is 31.2 Å². The van der Waals surface area contributed by atoms with Crippen molar-refractivity contribution in [2.45, 2.75) is 59.4 Å². The van der Waals surface area contributed by atoms with Gasteiger partial charge in [0.15, 0.2) is 0 Å². The van der Waals surface area contributed by atoms with Crippen LogP contribution in [0.1, 0.15) is 38.5 Å². The predicted molar refractivity (Wildman–Crippen MR) is 172 cm³/mol. The molecular weight excluding hydrogens is 616 g/mol. The molecule has 3 heterocycles. The molecule has 3 fully saturated rings. The summed E-state index contributed by atoms with van der Waals surface area (Å²) < 4.78 is 4.95. The number of allylic oxidation sites excluding steroid dienone is 1. The Morgan fingerprint density at radius 3 is 2.64 bits per heavy atom. The number of unbranched alkanes of at least 4 members (excludes halogenated alkanes) is 3. The van der Waals surface area contributed by atoms with Crippen molar-refractivity contribution < 1.29 is 24.2 Å². The molecule has 3 saturated heterocycles. The first-order valence-corrected chi connectivity index (χ1v) is 16.6. The molecule has 1 spiro atoms. The van der Waals surface area contributed by atoms with Crippen LogP contribution in [0.4, 0.5) is 5.69 Å². The van der Waals surface area contributed by atoms with Gasteiger partial charge >= 0.3 is 5.97 Å². The molecule has 0 aliphatic carbocycles. The number of aliphatic hydroxyl groups excluding tert-OH is 1. The lowest BCUT2D eigenvalue weighted by atomic mass is 9.71. The van der Waals surface area contributed by atoms with E-state index in [0.717, 1.165) is 29.3 Å². The van der Waals surface area contributed by atoms with Crippen molar-refractivity contribution in [1.82, 2.24) is 4.90 Å². The minimum absolute atomic E-state index is 0.0181. The third-order valence-electron chi connectivity index (χ3n) is 8.77. The van der Waals surface area contributed by atoms with Crippen molar-refractivity contribution in [2.24, 2.45) is 11.8 Å². The van der Waals surface area contributed by atoms with Crippen LogP contribution in [0.3, 0.4) is 0 Å². The number of carbonyl (C=O) groups excluding carboxylic acids is 3. The first-order valence-electron chi connectivity index (χ1n) is 14.8. The van der Waals surface area contributed by atoms with Crippen LogP contribution in [0.2, 0.25) is 0 Å². The first kappa shape index (κ1) is 30.8. The van der Waals surface area contributed by atoms with E-state index in [-0.39, 0.29) is 41.1 Å². The van der Waals surface area contributed by atoms with Crippen molar-refractivity contribution in [1.29, 1.82) is 0 Å². The van der Waals surface area contributed by atoms with Crippen LogP contribution >= 0.6 is 27.7 Å². The van der Waals surface area contributed by atoms with Crippen LogP contribution in [0.15, 0.2) is 67.8 Å². The fraction of sp³-hybridized carbons (Fsp3) is 0.485. The summed E-state index contributed by atoms with van der Waals surface area (Å²) in [5.41, 5.74) is 0.747. The van der Waals surface area contributed by atoms with Gasteiger partial charge in [0.25, 0.3) is 5.91 Å². The number of thioether (sulfide) groups is 1. The summed E-state index contributed by atoms with van der Waals surface area (Å²) in [6, 6.07) is 13.2. The third kappa shape index (κ3) is 5.55. The zero-order chi connectivity index (χ0) is 29.9. The van der Waals surface area contributed by atoms with Crippen molar-refractivity contribution in [3.63, 3.8) is 0 Å². The Hall–Kier alpha value is -2.62. The van der Waals surface area contributed by atoms with E-state index < -0.39 is 22.6 Å². The number of ether oxygens (including phenoxy) is 1. The predicted octanol–water partition coefficient (Wildman–Crippen LogP) is 5.50. The van der Waals surface area contributed by atoms with Crippen LogP contribution in [-0.4, -0.2) is 75.0 Å². The van der Waals surface area contributed by atoms with Crippen LogP contribution in [0, 0.1) is 11.8 Å². The van der Waals surface area contributed by atoms with Crippen LogP contribution < -0.4 is 4.90 Å². The molecule has 3 aliphatic heterocycles. The highest BCUT2D eigenvalue weighted by molar-refractivity contribution is 9.09. The molecule has 1 N–H and O–H groups in total. The normalized spacial score (nSPS) is 27.7. The van der Waals surface area contributed by atoms with Crippen molar-refractivity contribution in [3.8, 4) is 0 Å². The SMILES string of the molecule is C=CCCCOC(=O)[C@H]1[C@H]2C(=O)N(CCCCCO)C(C(=O)N(CC=C)c3ccc4ccccc4c3)C23CC(Br)[C@@H]1S3. The third-order valence-corrected chi connectivity index (χ3v) is 12.0. The summed E-state index contributed by atoms with van der Waals surface area (Å²) in [5, 5.41) is 11.3. The van der Waals surface area contributed by atoms with Gasteiger partial charge in [0, 0.05) is 35.5 Å². The maximum Gasteiger partial charge on any atom is 0.310 e. The maximum absolute atomic E-state index is 14.8. The second kappa shape index (κ2) is 13.3. The molecular formula is C33H39BrN2O5S. The Morgan fingerprint density at radius 2 is 1.90 bits per heavy atom. The van der Waals surface area contributed by atoms with E-state index in [1.54, 1.807) is 33.7 Å². The largest absolute Gasteiger partial charge is 0.465 e. The molecule has 0 aromatic heterocycles. The molecule has 2 bridgehead atoms. The number of anilines is 1. The van der Waals surface area contributed by atoms with Gasteiger partial charge in [0.05, 0.1) is 23.2 Å². The second-order valence-electron chi connectivity index (χ2n) is 11.3. The molecule has 5 rings (SSSR count). The first-order chi connectivity index (χ1) is 20.4. The number of benzene rings is 2. The molecule has 3 unspecified atom stereocenters. The quantitative estimate of drug-likeness (QED) is 0.125. The van der Waals surface area contributed by atoms with Crippen LogP contribution in [-0.2, 0) is 19.1 Å². The number of halogens is 1. The molecule has 7 nitrogen and oxygen atoms in total. The molecule has 224 valence electrons. The zero-order valence-electron chi connectivity index (χ0n) is 23.8. The molecule has 2 amide bonds. The summed E-state index contributed by atoms with van der Waals surface area (Å²) in [6.07, 6.45) is 7.58. The van der Waals surface area contributed by atoms with Gasteiger partial charge in [-0.3, -0.25) is 14.4 Å².